The van der Waals surface area contributed by atoms with Crippen LogP contribution in [-0.4, -0.2) is 33.2 Å². The zero-order chi connectivity index (χ0) is 16.5. The van der Waals surface area contributed by atoms with Crippen LogP contribution in [0.2, 0.25) is 0 Å². The molecule has 4 heteroatoms. The Labute approximate surface area is 143 Å². The highest BCUT2D eigenvalue weighted by atomic mass is 16.2. The molecule has 2 fully saturated rings. The predicted molar refractivity (Wildman–Crippen MR) is 93.6 cm³/mol. The molecule has 24 heavy (non-hydrogen) atoms. The molecule has 1 aromatic carbocycles. The molecule has 2 aliphatic rings. The van der Waals surface area contributed by atoms with Crippen LogP contribution in [0.3, 0.4) is 0 Å². The third-order valence-electron chi connectivity index (χ3n) is 5.45. The van der Waals surface area contributed by atoms with Crippen molar-refractivity contribution in [2.24, 2.45) is 5.92 Å². The van der Waals surface area contributed by atoms with E-state index in [-0.39, 0.29) is 5.92 Å². The summed E-state index contributed by atoms with van der Waals surface area (Å²) >= 11 is 0. The number of nitrogens with zero attached hydrogens (tertiary/aromatic N) is 3. The largest absolute Gasteiger partial charge is 0.338 e. The number of hydrogen-bond acceptors (Lipinski definition) is 2. The highest BCUT2D eigenvalue weighted by Gasteiger charge is 2.47. The third kappa shape index (κ3) is 3.10. The van der Waals surface area contributed by atoms with Crippen molar-refractivity contribution >= 4 is 5.91 Å². The van der Waals surface area contributed by atoms with Crippen LogP contribution in [0.4, 0.5) is 0 Å². The summed E-state index contributed by atoms with van der Waals surface area (Å²) in [5.74, 6) is 0.966. The van der Waals surface area contributed by atoms with E-state index in [1.54, 1.807) is 0 Å². The molecule has 4 nitrogen and oxygen atoms in total. The summed E-state index contributed by atoms with van der Waals surface area (Å²) in [6.07, 6.45) is 8.24. The average Bonchev–Trinajstić information content (AvgIpc) is 3.24. The van der Waals surface area contributed by atoms with Gasteiger partial charge in [-0.05, 0) is 50.2 Å². The van der Waals surface area contributed by atoms with Crippen molar-refractivity contribution in [2.45, 2.75) is 51.1 Å². The van der Waals surface area contributed by atoms with Gasteiger partial charge >= 0.3 is 0 Å². The Bertz CT molecular complexity index is 709. The lowest BCUT2D eigenvalue weighted by molar-refractivity contribution is -0.136. The van der Waals surface area contributed by atoms with Crippen LogP contribution in [0.5, 0.6) is 0 Å². The highest BCUT2D eigenvalue weighted by molar-refractivity contribution is 5.83. The summed E-state index contributed by atoms with van der Waals surface area (Å²) in [4.78, 5) is 15.2. The summed E-state index contributed by atoms with van der Waals surface area (Å²) < 4.78 is 1.96. The van der Waals surface area contributed by atoms with E-state index in [2.05, 4.69) is 41.2 Å². The number of carbonyl (C=O) groups is 1. The lowest BCUT2D eigenvalue weighted by Gasteiger charge is -2.36. The standard InChI is InChI=1S/C20H25N3O/c1-15-6-4-7-16(12-15)18-13-19(18)20(24)23-11-3-2-8-17(23)14-22-10-5-9-21-22/h4-7,9-10,12,17-19H,2-3,8,11,13-14H2,1H3/t17-,18-,19+/m0/s1. The van der Waals surface area contributed by atoms with Crippen LogP contribution in [0, 0.1) is 12.8 Å². The minimum Gasteiger partial charge on any atom is -0.338 e. The van der Waals surface area contributed by atoms with Gasteiger partial charge < -0.3 is 4.90 Å². The normalized spacial score (nSPS) is 26.4. The first kappa shape index (κ1) is 15.4. The molecule has 2 aromatic rings. The number of hydrogen-bond donors (Lipinski definition) is 0. The van der Waals surface area contributed by atoms with Gasteiger partial charge in [0.15, 0.2) is 0 Å². The van der Waals surface area contributed by atoms with E-state index < -0.39 is 0 Å². The molecule has 1 aliphatic carbocycles. The molecule has 0 radical (unpaired) electrons. The lowest BCUT2D eigenvalue weighted by Crippen LogP contribution is -2.46. The molecular formula is C20H25N3O. The number of benzene rings is 1. The molecular weight excluding hydrogens is 298 g/mol. The zero-order valence-corrected chi connectivity index (χ0v) is 14.3. The van der Waals surface area contributed by atoms with Crippen molar-refractivity contribution in [1.82, 2.24) is 14.7 Å². The molecule has 1 amide bonds. The van der Waals surface area contributed by atoms with E-state index in [4.69, 9.17) is 0 Å². The van der Waals surface area contributed by atoms with E-state index >= 15 is 0 Å². The Balaban J connectivity index is 1.45. The smallest absolute Gasteiger partial charge is 0.226 e. The molecule has 4 rings (SSSR count). The molecule has 1 aliphatic heterocycles. The summed E-state index contributed by atoms with van der Waals surface area (Å²) in [5.41, 5.74) is 2.61. The second-order valence-electron chi connectivity index (χ2n) is 7.27. The molecule has 0 spiro atoms. The third-order valence-corrected chi connectivity index (χ3v) is 5.45. The van der Waals surface area contributed by atoms with E-state index in [1.165, 1.54) is 17.5 Å². The van der Waals surface area contributed by atoms with Crippen molar-refractivity contribution in [3.8, 4) is 0 Å². The first-order chi connectivity index (χ1) is 11.7. The summed E-state index contributed by atoms with van der Waals surface area (Å²) in [5, 5.41) is 4.32. The number of aromatic nitrogens is 2. The molecule has 2 heterocycles. The zero-order valence-electron chi connectivity index (χ0n) is 14.3. The number of piperidine rings is 1. The predicted octanol–water partition coefficient (Wildman–Crippen LogP) is 3.38. The second kappa shape index (κ2) is 6.42. The molecule has 1 aromatic heterocycles. The maximum Gasteiger partial charge on any atom is 0.226 e. The Hall–Kier alpha value is -2.10. The highest BCUT2D eigenvalue weighted by Crippen LogP contribution is 2.49. The molecule has 126 valence electrons. The summed E-state index contributed by atoms with van der Waals surface area (Å²) in [7, 11) is 0. The Kier molecular flexibility index (Phi) is 4.13. The monoisotopic (exact) mass is 323 g/mol. The first-order valence-electron chi connectivity index (χ1n) is 9.07. The number of aryl methyl sites for hydroxylation is 1. The van der Waals surface area contributed by atoms with Crippen LogP contribution < -0.4 is 0 Å². The van der Waals surface area contributed by atoms with E-state index in [0.29, 0.717) is 17.9 Å². The summed E-state index contributed by atoms with van der Waals surface area (Å²) in [6, 6.07) is 10.9. The molecule has 0 bridgehead atoms. The number of amides is 1. The number of rotatable bonds is 4. The van der Waals surface area contributed by atoms with Crippen LogP contribution in [-0.2, 0) is 11.3 Å². The van der Waals surface area contributed by atoms with Crippen molar-refractivity contribution in [3.63, 3.8) is 0 Å². The van der Waals surface area contributed by atoms with Gasteiger partial charge in [-0.2, -0.15) is 5.10 Å². The minimum atomic E-state index is 0.185. The van der Waals surface area contributed by atoms with Gasteiger partial charge in [-0.1, -0.05) is 29.8 Å². The van der Waals surface area contributed by atoms with Crippen LogP contribution in [0.1, 0.15) is 42.7 Å². The molecule has 0 unspecified atom stereocenters. The maximum absolute atomic E-state index is 13.1. The van der Waals surface area contributed by atoms with Gasteiger partial charge in [-0.25, -0.2) is 0 Å². The van der Waals surface area contributed by atoms with Crippen LogP contribution >= 0.6 is 0 Å². The fourth-order valence-corrected chi connectivity index (χ4v) is 4.05. The number of carbonyl (C=O) groups excluding carboxylic acids is 1. The SMILES string of the molecule is Cc1cccc([C@@H]2C[C@H]2C(=O)N2CCCC[C@H]2Cn2cccn2)c1. The van der Waals surface area contributed by atoms with Gasteiger partial charge in [-0.15, -0.1) is 0 Å². The first-order valence-corrected chi connectivity index (χ1v) is 9.07. The van der Waals surface area contributed by atoms with E-state index in [0.717, 1.165) is 32.4 Å². The Morgan fingerprint density at radius 1 is 1.29 bits per heavy atom. The van der Waals surface area contributed by atoms with E-state index in [9.17, 15) is 4.79 Å². The fourth-order valence-electron chi connectivity index (χ4n) is 4.05. The lowest BCUT2D eigenvalue weighted by atomic mass is 10.0. The van der Waals surface area contributed by atoms with Crippen molar-refractivity contribution in [1.29, 1.82) is 0 Å². The quantitative estimate of drug-likeness (QED) is 0.865. The Morgan fingerprint density at radius 2 is 2.21 bits per heavy atom. The van der Waals surface area contributed by atoms with Gasteiger partial charge in [0.25, 0.3) is 0 Å². The van der Waals surface area contributed by atoms with Crippen LogP contribution in [0.15, 0.2) is 42.7 Å². The molecule has 0 N–H and O–H groups in total. The molecule has 3 atom stereocenters. The van der Waals surface area contributed by atoms with E-state index in [1.807, 2.05) is 23.1 Å². The second-order valence-corrected chi connectivity index (χ2v) is 7.27. The molecule has 1 saturated heterocycles. The minimum absolute atomic E-state index is 0.185. The van der Waals surface area contributed by atoms with Crippen molar-refractivity contribution < 1.29 is 4.79 Å². The van der Waals surface area contributed by atoms with Crippen molar-refractivity contribution in [2.75, 3.05) is 6.54 Å². The van der Waals surface area contributed by atoms with Gasteiger partial charge in [0.05, 0.1) is 12.6 Å². The van der Waals surface area contributed by atoms with Crippen LogP contribution in [0.25, 0.3) is 0 Å². The van der Waals surface area contributed by atoms with Gasteiger partial charge in [0, 0.05) is 24.9 Å². The Morgan fingerprint density at radius 3 is 3.00 bits per heavy atom. The maximum atomic E-state index is 13.1. The van der Waals surface area contributed by atoms with Gasteiger partial charge in [0.2, 0.25) is 5.91 Å². The number of likely N-dealkylation sites (tertiary alicyclic amines) is 1. The van der Waals surface area contributed by atoms with Gasteiger partial charge in [0.1, 0.15) is 0 Å². The molecule has 1 saturated carbocycles. The van der Waals surface area contributed by atoms with Gasteiger partial charge in [-0.3, -0.25) is 9.48 Å². The topological polar surface area (TPSA) is 38.1 Å². The van der Waals surface area contributed by atoms with Crippen molar-refractivity contribution in [3.05, 3.63) is 53.9 Å². The average molecular weight is 323 g/mol. The fraction of sp³-hybridized carbons (Fsp3) is 0.500. The summed E-state index contributed by atoms with van der Waals surface area (Å²) in [6.45, 7) is 3.84.